The third kappa shape index (κ3) is 4.92. The van der Waals surface area contributed by atoms with Crippen LogP contribution in [0, 0.1) is 5.92 Å². The first kappa shape index (κ1) is 21.7. The van der Waals surface area contributed by atoms with E-state index in [-0.39, 0.29) is 17.6 Å². The summed E-state index contributed by atoms with van der Waals surface area (Å²) in [4.78, 5) is 34.7. The summed E-state index contributed by atoms with van der Waals surface area (Å²) < 4.78 is 15.6. The number of nitrogens with one attached hydrogen (secondary N) is 1. The number of ketones is 1. The molecule has 0 radical (unpaired) electrons. The number of nitrogens with zero attached hydrogens (tertiary/aromatic N) is 2. The third-order valence-corrected chi connectivity index (χ3v) is 5.55. The number of pyridine rings is 1. The van der Waals surface area contributed by atoms with Crippen LogP contribution in [0.25, 0.3) is 11.5 Å². The summed E-state index contributed by atoms with van der Waals surface area (Å²) in [5, 5.41) is 3.05. The Morgan fingerprint density at radius 1 is 1.27 bits per heavy atom. The lowest BCUT2D eigenvalue weighted by Gasteiger charge is -2.12. The van der Waals surface area contributed by atoms with E-state index < -0.39 is 0 Å². The Kier molecular flexibility index (Phi) is 7.31. The number of carbonyl (C=O) groups excluding carboxylic acids is 2. The minimum absolute atomic E-state index is 0.0370. The van der Waals surface area contributed by atoms with Crippen molar-refractivity contribution in [3.05, 3.63) is 47.2 Å². The molecule has 0 aliphatic heterocycles. The summed E-state index contributed by atoms with van der Waals surface area (Å²) in [6.45, 7) is 2.46. The quantitative estimate of drug-likeness (QED) is 0.479. The number of rotatable bonds is 10. The van der Waals surface area contributed by atoms with Gasteiger partial charge in [-0.1, -0.05) is 18.3 Å². The van der Waals surface area contributed by atoms with E-state index in [1.807, 2.05) is 6.92 Å². The van der Waals surface area contributed by atoms with Crippen LogP contribution in [-0.4, -0.2) is 42.5 Å². The second-order valence-electron chi connectivity index (χ2n) is 6.47. The minimum atomic E-state index is -0.379. The smallest absolute Gasteiger partial charge is 0.259 e. The SMILES string of the molecule is CCC(CCOC)C(=O)c1sc(NC(=O)c2ccc(OC)nc2)nc1-c1ccco1. The van der Waals surface area contributed by atoms with Gasteiger partial charge >= 0.3 is 0 Å². The molecule has 0 saturated carbocycles. The second-order valence-corrected chi connectivity index (χ2v) is 7.47. The fraction of sp³-hybridized carbons (Fsp3) is 0.333. The highest BCUT2D eigenvalue weighted by Gasteiger charge is 2.27. The van der Waals surface area contributed by atoms with E-state index in [1.165, 1.54) is 19.6 Å². The highest BCUT2D eigenvalue weighted by molar-refractivity contribution is 7.18. The molecule has 1 unspecified atom stereocenters. The molecule has 0 spiro atoms. The summed E-state index contributed by atoms with van der Waals surface area (Å²) in [5.41, 5.74) is 0.777. The largest absolute Gasteiger partial charge is 0.481 e. The summed E-state index contributed by atoms with van der Waals surface area (Å²) in [6.07, 6.45) is 4.23. The third-order valence-electron chi connectivity index (χ3n) is 4.57. The van der Waals surface area contributed by atoms with Crippen LogP contribution >= 0.6 is 11.3 Å². The van der Waals surface area contributed by atoms with Gasteiger partial charge in [-0.2, -0.15) is 0 Å². The van der Waals surface area contributed by atoms with Gasteiger partial charge in [-0.15, -0.1) is 0 Å². The number of methoxy groups -OCH3 is 2. The molecule has 0 bridgehead atoms. The number of carbonyl (C=O) groups is 2. The molecular formula is C21H23N3O5S. The highest BCUT2D eigenvalue weighted by atomic mass is 32.1. The van der Waals surface area contributed by atoms with Crippen LogP contribution in [0.5, 0.6) is 5.88 Å². The van der Waals surface area contributed by atoms with Crippen molar-refractivity contribution in [1.29, 1.82) is 0 Å². The lowest BCUT2D eigenvalue weighted by molar-refractivity contribution is 0.0879. The molecule has 8 nitrogen and oxygen atoms in total. The summed E-state index contributed by atoms with van der Waals surface area (Å²) >= 11 is 1.14. The van der Waals surface area contributed by atoms with E-state index in [9.17, 15) is 9.59 Å². The summed E-state index contributed by atoms with van der Waals surface area (Å²) in [6, 6.07) is 6.67. The Balaban J connectivity index is 1.88. The predicted octanol–water partition coefficient (Wildman–Crippen LogP) is 4.30. The molecule has 0 aliphatic rings. The van der Waals surface area contributed by atoms with Crippen LogP contribution in [0.1, 0.15) is 39.8 Å². The standard InChI is InChI=1S/C21H23N3O5S/c1-4-13(9-11-27-2)18(25)19-17(15-6-5-10-29-15)23-21(30-19)24-20(26)14-7-8-16(28-3)22-12-14/h5-8,10,12-13H,4,9,11H2,1-3H3,(H,23,24,26). The predicted molar refractivity (Wildman–Crippen MR) is 113 cm³/mol. The van der Waals surface area contributed by atoms with E-state index in [0.29, 0.717) is 52.4 Å². The molecule has 3 rings (SSSR count). The Bertz CT molecular complexity index is 983. The average molecular weight is 429 g/mol. The average Bonchev–Trinajstić information content (AvgIpc) is 3.44. The molecular weight excluding hydrogens is 406 g/mol. The number of furan rings is 1. The van der Waals surface area contributed by atoms with Crippen molar-refractivity contribution < 1.29 is 23.5 Å². The fourth-order valence-electron chi connectivity index (χ4n) is 2.89. The second kappa shape index (κ2) is 10.1. The van der Waals surface area contributed by atoms with E-state index in [0.717, 1.165) is 11.3 Å². The molecule has 0 fully saturated rings. The molecule has 0 aromatic carbocycles. The number of amides is 1. The van der Waals surface area contributed by atoms with Gasteiger partial charge in [0.2, 0.25) is 5.88 Å². The van der Waals surface area contributed by atoms with Crippen LogP contribution in [-0.2, 0) is 4.74 Å². The van der Waals surface area contributed by atoms with Gasteiger partial charge in [0.1, 0.15) is 10.6 Å². The molecule has 158 valence electrons. The van der Waals surface area contributed by atoms with Gasteiger partial charge in [0.15, 0.2) is 16.7 Å². The van der Waals surface area contributed by atoms with Crippen molar-refractivity contribution in [2.45, 2.75) is 19.8 Å². The van der Waals surface area contributed by atoms with Crippen molar-refractivity contribution in [2.75, 3.05) is 26.1 Å². The Hall–Kier alpha value is -3.04. The lowest BCUT2D eigenvalue weighted by Crippen LogP contribution is -2.15. The number of aromatic nitrogens is 2. The van der Waals surface area contributed by atoms with Gasteiger partial charge in [0.05, 0.1) is 18.9 Å². The molecule has 1 amide bonds. The number of Topliss-reactive ketones (excluding diaryl/α,β-unsaturated/α-hetero) is 1. The maximum absolute atomic E-state index is 13.2. The van der Waals surface area contributed by atoms with Gasteiger partial charge in [-0.05, 0) is 31.0 Å². The van der Waals surface area contributed by atoms with Gasteiger partial charge in [-0.3, -0.25) is 14.9 Å². The zero-order valence-corrected chi connectivity index (χ0v) is 17.8. The van der Waals surface area contributed by atoms with E-state index in [2.05, 4.69) is 15.3 Å². The maximum Gasteiger partial charge on any atom is 0.259 e. The number of hydrogen-bond donors (Lipinski definition) is 1. The number of hydrogen-bond acceptors (Lipinski definition) is 8. The van der Waals surface area contributed by atoms with E-state index in [4.69, 9.17) is 13.9 Å². The van der Waals surface area contributed by atoms with Crippen molar-refractivity contribution in [2.24, 2.45) is 5.92 Å². The zero-order valence-electron chi connectivity index (χ0n) is 17.0. The van der Waals surface area contributed by atoms with Crippen molar-refractivity contribution in [1.82, 2.24) is 9.97 Å². The highest BCUT2D eigenvalue weighted by Crippen LogP contribution is 2.34. The molecule has 1 N–H and O–H groups in total. The first-order chi connectivity index (χ1) is 14.6. The molecule has 9 heteroatoms. The number of ether oxygens (including phenoxy) is 2. The Morgan fingerprint density at radius 3 is 2.70 bits per heavy atom. The van der Waals surface area contributed by atoms with E-state index in [1.54, 1.807) is 31.4 Å². The van der Waals surface area contributed by atoms with Crippen molar-refractivity contribution in [3.63, 3.8) is 0 Å². The van der Waals surface area contributed by atoms with Gasteiger partial charge in [0.25, 0.3) is 5.91 Å². The molecule has 3 aromatic rings. The topological polar surface area (TPSA) is 104 Å². The molecule has 3 heterocycles. The van der Waals surface area contributed by atoms with Gasteiger partial charge in [-0.25, -0.2) is 9.97 Å². The molecule has 30 heavy (non-hydrogen) atoms. The Morgan fingerprint density at radius 2 is 2.10 bits per heavy atom. The molecule has 0 aliphatic carbocycles. The number of anilines is 1. The zero-order chi connectivity index (χ0) is 21.5. The fourth-order valence-corrected chi connectivity index (χ4v) is 3.88. The van der Waals surface area contributed by atoms with Crippen LogP contribution in [0.3, 0.4) is 0 Å². The monoisotopic (exact) mass is 429 g/mol. The van der Waals surface area contributed by atoms with Crippen LogP contribution in [0.15, 0.2) is 41.1 Å². The summed E-state index contributed by atoms with van der Waals surface area (Å²) in [7, 11) is 3.11. The molecule has 3 aromatic heterocycles. The first-order valence-corrected chi connectivity index (χ1v) is 10.3. The van der Waals surface area contributed by atoms with Gasteiger partial charge < -0.3 is 13.9 Å². The normalized spacial score (nSPS) is 11.8. The van der Waals surface area contributed by atoms with Crippen molar-refractivity contribution in [3.8, 4) is 17.3 Å². The number of thiazole rings is 1. The van der Waals surface area contributed by atoms with Crippen LogP contribution in [0.2, 0.25) is 0 Å². The molecule has 1 atom stereocenters. The maximum atomic E-state index is 13.2. The lowest BCUT2D eigenvalue weighted by atomic mass is 9.95. The first-order valence-electron chi connectivity index (χ1n) is 9.46. The van der Waals surface area contributed by atoms with E-state index >= 15 is 0 Å². The summed E-state index contributed by atoms with van der Waals surface area (Å²) in [5.74, 6) is 0.270. The molecule has 0 saturated heterocycles. The minimum Gasteiger partial charge on any atom is -0.481 e. The Labute approximate surface area is 178 Å². The van der Waals surface area contributed by atoms with Crippen LogP contribution in [0.4, 0.5) is 5.13 Å². The van der Waals surface area contributed by atoms with Crippen molar-refractivity contribution >= 4 is 28.2 Å². The van der Waals surface area contributed by atoms with Gasteiger partial charge in [0, 0.05) is 31.9 Å². The van der Waals surface area contributed by atoms with Crippen LogP contribution < -0.4 is 10.1 Å².